The zero-order valence-electron chi connectivity index (χ0n) is 17.4. The monoisotopic (exact) mass is 480 g/mol. The predicted octanol–water partition coefficient (Wildman–Crippen LogP) is 2.02. The number of sulfonamides is 1. The maximum absolute atomic E-state index is 12.7. The highest BCUT2D eigenvalue weighted by atomic mass is 35.5. The van der Waals surface area contributed by atoms with E-state index in [4.69, 9.17) is 21.1 Å². The van der Waals surface area contributed by atoms with E-state index >= 15 is 0 Å². The second-order valence-electron chi connectivity index (χ2n) is 7.21. The number of carbonyl (C=O) groups excluding carboxylic acids is 1. The van der Waals surface area contributed by atoms with E-state index in [1.54, 1.807) is 36.4 Å². The molecular weight excluding hydrogens is 456 g/mol. The second-order valence-corrected chi connectivity index (χ2v) is 9.36. The summed E-state index contributed by atoms with van der Waals surface area (Å²) in [5.41, 5.74) is 0.906. The molecule has 0 bridgehead atoms. The summed E-state index contributed by atoms with van der Waals surface area (Å²) in [6.45, 7) is -0.0721. The third-order valence-corrected chi connectivity index (χ3v) is 6.60. The van der Waals surface area contributed by atoms with Gasteiger partial charge < -0.3 is 19.9 Å². The number of halogens is 1. The number of methoxy groups -OCH3 is 1. The first-order valence-electron chi connectivity index (χ1n) is 9.93. The molecule has 1 aliphatic rings. The second kappa shape index (κ2) is 10.9. The van der Waals surface area contributed by atoms with Gasteiger partial charge in [-0.25, -0.2) is 13.1 Å². The molecule has 0 spiro atoms. The molecule has 10 heteroatoms. The van der Waals surface area contributed by atoms with Crippen molar-refractivity contribution < 1.29 is 27.8 Å². The van der Waals surface area contributed by atoms with Crippen molar-refractivity contribution in [3.8, 4) is 5.75 Å². The molecule has 0 fully saturated rings. The van der Waals surface area contributed by atoms with E-state index in [1.807, 2.05) is 12.1 Å². The van der Waals surface area contributed by atoms with Gasteiger partial charge in [-0.05, 0) is 29.8 Å². The van der Waals surface area contributed by atoms with Crippen LogP contribution in [0.1, 0.15) is 12.0 Å². The molecule has 3 N–H and O–H groups in total. The van der Waals surface area contributed by atoms with E-state index in [0.717, 1.165) is 5.56 Å². The lowest BCUT2D eigenvalue weighted by Gasteiger charge is -2.31. The first-order chi connectivity index (χ1) is 15.3. The number of ether oxygens (including phenoxy) is 2. The standard InChI is InChI=1S/C22H25ClN2O6S/c1-30-17-3-2-4-19(11-17)32(28,29)25-20-10-9-18(31-21(20)14-26)12-22(27)24-13-15-5-7-16(23)8-6-15/h2-11,18,20-21,25-26H,12-14H2,1H3,(H,24,27)/t18-,20+,21-/m1/s1. The van der Waals surface area contributed by atoms with Crippen LogP contribution in [0.25, 0.3) is 0 Å². The van der Waals surface area contributed by atoms with Gasteiger partial charge >= 0.3 is 0 Å². The van der Waals surface area contributed by atoms with Gasteiger partial charge in [0, 0.05) is 17.6 Å². The van der Waals surface area contributed by atoms with E-state index in [9.17, 15) is 18.3 Å². The highest BCUT2D eigenvalue weighted by Gasteiger charge is 2.31. The topological polar surface area (TPSA) is 114 Å². The molecule has 0 radical (unpaired) electrons. The van der Waals surface area contributed by atoms with E-state index in [0.29, 0.717) is 17.3 Å². The zero-order chi connectivity index (χ0) is 23.1. The fourth-order valence-corrected chi connectivity index (χ4v) is 4.56. The Balaban J connectivity index is 1.59. The Bertz CT molecular complexity index is 1060. The number of aliphatic hydroxyl groups is 1. The van der Waals surface area contributed by atoms with Crippen LogP contribution in [0.3, 0.4) is 0 Å². The van der Waals surface area contributed by atoms with E-state index in [2.05, 4.69) is 10.0 Å². The largest absolute Gasteiger partial charge is 0.497 e. The summed E-state index contributed by atoms with van der Waals surface area (Å²) in [6, 6.07) is 12.4. The van der Waals surface area contributed by atoms with E-state index < -0.39 is 34.9 Å². The molecular formula is C22H25ClN2O6S. The molecule has 1 amide bonds. The molecule has 0 aromatic heterocycles. The Morgan fingerprint density at radius 2 is 1.94 bits per heavy atom. The van der Waals surface area contributed by atoms with Crippen LogP contribution in [0.4, 0.5) is 0 Å². The van der Waals surface area contributed by atoms with Crippen molar-refractivity contribution in [2.75, 3.05) is 13.7 Å². The van der Waals surface area contributed by atoms with E-state index in [1.165, 1.54) is 19.2 Å². The van der Waals surface area contributed by atoms with Crippen LogP contribution in [0, 0.1) is 0 Å². The molecule has 2 aromatic carbocycles. The minimum absolute atomic E-state index is 0.0330. The van der Waals surface area contributed by atoms with Gasteiger partial charge in [0.05, 0.1) is 37.2 Å². The summed E-state index contributed by atoms with van der Waals surface area (Å²) < 4.78 is 38.8. The number of benzene rings is 2. The molecule has 0 aliphatic carbocycles. The molecule has 3 rings (SSSR count). The maximum Gasteiger partial charge on any atom is 0.241 e. The van der Waals surface area contributed by atoms with Crippen LogP contribution in [0.5, 0.6) is 5.75 Å². The number of nitrogens with one attached hydrogen (secondary N) is 2. The summed E-state index contributed by atoms with van der Waals surface area (Å²) in [6.07, 6.45) is 1.83. The summed E-state index contributed by atoms with van der Waals surface area (Å²) in [7, 11) is -2.43. The van der Waals surface area contributed by atoms with Crippen LogP contribution >= 0.6 is 11.6 Å². The Morgan fingerprint density at radius 1 is 1.19 bits per heavy atom. The van der Waals surface area contributed by atoms with Crippen LogP contribution in [0.2, 0.25) is 5.02 Å². The minimum atomic E-state index is -3.88. The highest BCUT2D eigenvalue weighted by Crippen LogP contribution is 2.21. The van der Waals surface area contributed by atoms with Crippen LogP contribution < -0.4 is 14.8 Å². The number of carbonyl (C=O) groups is 1. The summed E-state index contributed by atoms with van der Waals surface area (Å²) in [4.78, 5) is 12.3. The fraction of sp³-hybridized carbons (Fsp3) is 0.318. The Hall–Kier alpha value is -2.43. The summed E-state index contributed by atoms with van der Waals surface area (Å²) in [5.74, 6) is 0.174. The third-order valence-electron chi connectivity index (χ3n) is 4.90. The van der Waals surface area contributed by atoms with Crippen molar-refractivity contribution in [2.24, 2.45) is 0 Å². The van der Waals surface area contributed by atoms with Crippen molar-refractivity contribution in [3.63, 3.8) is 0 Å². The van der Waals surface area contributed by atoms with Crippen LogP contribution in [0.15, 0.2) is 65.6 Å². The van der Waals surface area contributed by atoms with Gasteiger partial charge in [0.25, 0.3) is 0 Å². The molecule has 172 valence electrons. The molecule has 3 atom stereocenters. The van der Waals surface area contributed by atoms with Gasteiger partial charge in [-0.3, -0.25) is 4.79 Å². The van der Waals surface area contributed by atoms with Crippen LogP contribution in [-0.4, -0.2) is 51.4 Å². The van der Waals surface area contributed by atoms with Gasteiger partial charge in [-0.1, -0.05) is 42.0 Å². The van der Waals surface area contributed by atoms with Gasteiger partial charge in [-0.2, -0.15) is 0 Å². The molecule has 1 aliphatic heterocycles. The first-order valence-corrected chi connectivity index (χ1v) is 11.8. The van der Waals surface area contributed by atoms with Gasteiger partial charge in [0.2, 0.25) is 15.9 Å². The van der Waals surface area contributed by atoms with Crippen molar-refractivity contribution >= 4 is 27.5 Å². The lowest BCUT2D eigenvalue weighted by Crippen LogP contribution is -2.49. The lowest BCUT2D eigenvalue weighted by molar-refractivity contribution is -0.125. The molecule has 0 saturated heterocycles. The molecule has 0 saturated carbocycles. The van der Waals surface area contributed by atoms with Crippen molar-refractivity contribution in [1.29, 1.82) is 0 Å². The smallest absolute Gasteiger partial charge is 0.241 e. The Morgan fingerprint density at radius 3 is 2.62 bits per heavy atom. The number of hydrogen-bond acceptors (Lipinski definition) is 6. The van der Waals surface area contributed by atoms with Gasteiger partial charge in [0.1, 0.15) is 11.9 Å². The normalized spacial score (nSPS) is 20.7. The lowest BCUT2D eigenvalue weighted by atomic mass is 10.1. The third kappa shape index (κ3) is 6.54. The Kier molecular flexibility index (Phi) is 8.27. The number of hydrogen-bond donors (Lipinski definition) is 3. The summed E-state index contributed by atoms with van der Waals surface area (Å²) >= 11 is 5.85. The maximum atomic E-state index is 12.7. The van der Waals surface area contributed by atoms with Gasteiger partial charge in [-0.15, -0.1) is 0 Å². The number of amides is 1. The van der Waals surface area contributed by atoms with Crippen molar-refractivity contribution in [2.45, 2.75) is 36.1 Å². The SMILES string of the molecule is COc1cccc(S(=O)(=O)N[C@H]2C=C[C@H](CC(=O)NCc3ccc(Cl)cc3)O[C@@H]2CO)c1. The van der Waals surface area contributed by atoms with Crippen molar-refractivity contribution in [1.82, 2.24) is 10.0 Å². The fourth-order valence-electron chi connectivity index (χ4n) is 3.18. The number of aliphatic hydroxyl groups excluding tert-OH is 1. The zero-order valence-corrected chi connectivity index (χ0v) is 19.0. The average molecular weight is 481 g/mol. The summed E-state index contributed by atoms with van der Waals surface area (Å²) in [5, 5.41) is 13.1. The first kappa shape index (κ1) is 24.2. The number of rotatable bonds is 9. The van der Waals surface area contributed by atoms with Crippen LogP contribution in [-0.2, 0) is 26.1 Å². The average Bonchev–Trinajstić information content (AvgIpc) is 2.79. The molecule has 32 heavy (non-hydrogen) atoms. The highest BCUT2D eigenvalue weighted by molar-refractivity contribution is 7.89. The Labute approximate surface area is 192 Å². The van der Waals surface area contributed by atoms with E-state index in [-0.39, 0.29) is 17.2 Å². The predicted molar refractivity (Wildman–Crippen MR) is 120 cm³/mol. The molecule has 8 nitrogen and oxygen atoms in total. The quantitative estimate of drug-likeness (QED) is 0.473. The molecule has 0 unspecified atom stereocenters. The van der Waals surface area contributed by atoms with Crippen molar-refractivity contribution in [3.05, 3.63) is 71.3 Å². The molecule has 2 aromatic rings. The van der Waals surface area contributed by atoms with Gasteiger partial charge in [0.15, 0.2) is 0 Å². The minimum Gasteiger partial charge on any atom is -0.497 e. The molecule has 1 heterocycles.